The van der Waals surface area contributed by atoms with E-state index in [1.807, 2.05) is 18.2 Å². The summed E-state index contributed by atoms with van der Waals surface area (Å²) in [6.45, 7) is 0. The molecule has 29 heavy (non-hydrogen) atoms. The van der Waals surface area contributed by atoms with Crippen molar-refractivity contribution in [3.8, 4) is 5.75 Å². The molecule has 9 heteroatoms. The number of ether oxygens (including phenoxy) is 1. The predicted molar refractivity (Wildman–Crippen MR) is 109 cm³/mol. The van der Waals surface area contributed by atoms with Gasteiger partial charge in [0.1, 0.15) is 5.75 Å². The highest BCUT2D eigenvalue weighted by Crippen LogP contribution is 2.26. The molecule has 0 radical (unpaired) electrons. The zero-order chi connectivity index (χ0) is 20.4. The number of fused-ring (bicyclic) bond motifs is 1. The lowest BCUT2D eigenvalue weighted by atomic mass is 10.1. The van der Waals surface area contributed by atoms with Gasteiger partial charge in [-0.2, -0.15) is 13.5 Å². The minimum atomic E-state index is -4.04. The molecule has 0 aliphatic heterocycles. The normalized spacial score (nSPS) is 13.0. The Morgan fingerprint density at radius 3 is 2.55 bits per heavy atom. The van der Waals surface area contributed by atoms with Crippen molar-refractivity contribution in [3.05, 3.63) is 65.4 Å². The number of carbonyl (C=O) groups is 1. The van der Waals surface area contributed by atoms with Crippen LogP contribution in [0.2, 0.25) is 0 Å². The van der Waals surface area contributed by atoms with Gasteiger partial charge in [-0.25, -0.2) is 0 Å². The van der Waals surface area contributed by atoms with Crippen LogP contribution in [0, 0.1) is 0 Å². The Labute approximate surface area is 168 Å². The van der Waals surface area contributed by atoms with E-state index >= 15 is 0 Å². The average Bonchev–Trinajstić information content (AvgIpc) is 3.38. The van der Waals surface area contributed by atoms with Gasteiger partial charge in [-0.15, -0.1) is 0 Å². The van der Waals surface area contributed by atoms with Crippen molar-refractivity contribution in [2.75, 3.05) is 17.1 Å². The van der Waals surface area contributed by atoms with Crippen LogP contribution < -0.4 is 14.8 Å². The van der Waals surface area contributed by atoms with E-state index in [2.05, 4.69) is 20.2 Å². The first-order chi connectivity index (χ1) is 14.0. The van der Waals surface area contributed by atoms with Gasteiger partial charge < -0.3 is 10.1 Å². The number of hydrogen-bond donors (Lipinski definition) is 3. The number of methoxy groups -OCH3 is 1. The van der Waals surface area contributed by atoms with Crippen LogP contribution in [0.4, 0.5) is 11.4 Å². The third-order valence-corrected chi connectivity index (χ3v) is 6.17. The molecule has 0 atom stereocenters. The van der Waals surface area contributed by atoms with Crippen molar-refractivity contribution in [2.24, 2.45) is 0 Å². The predicted octanol–water partition coefficient (Wildman–Crippen LogP) is 2.96. The topological polar surface area (TPSA) is 113 Å². The van der Waals surface area contributed by atoms with Gasteiger partial charge >= 0.3 is 0 Å². The highest BCUT2D eigenvalue weighted by atomic mass is 32.2. The second-order valence-corrected chi connectivity index (χ2v) is 8.36. The summed E-state index contributed by atoms with van der Waals surface area (Å²) < 4.78 is 33.0. The number of sulfonamides is 1. The summed E-state index contributed by atoms with van der Waals surface area (Å²) in [5, 5.41) is 8.62. The largest absolute Gasteiger partial charge is 0.497 e. The number of nitrogens with zero attached hydrogens (tertiary/aromatic N) is 1. The minimum Gasteiger partial charge on any atom is -0.497 e. The van der Waals surface area contributed by atoms with Crippen molar-refractivity contribution in [2.45, 2.75) is 24.3 Å². The molecule has 1 amide bonds. The van der Waals surface area contributed by atoms with Crippen LogP contribution in [0.3, 0.4) is 0 Å². The maximum absolute atomic E-state index is 12.8. The molecule has 0 unspecified atom stereocenters. The van der Waals surface area contributed by atoms with Crippen molar-refractivity contribution in [1.82, 2.24) is 10.2 Å². The number of nitrogens with one attached hydrogen (secondary N) is 3. The third-order valence-electron chi connectivity index (χ3n) is 4.82. The van der Waals surface area contributed by atoms with Crippen LogP contribution in [0.15, 0.2) is 53.7 Å². The van der Waals surface area contributed by atoms with Crippen LogP contribution in [0.5, 0.6) is 5.75 Å². The molecule has 8 nitrogen and oxygen atoms in total. The van der Waals surface area contributed by atoms with Crippen molar-refractivity contribution >= 4 is 27.3 Å². The molecule has 3 aromatic rings. The molecular formula is C20H20N4O4S. The molecule has 0 bridgehead atoms. The van der Waals surface area contributed by atoms with Crippen LogP contribution in [0.1, 0.15) is 27.9 Å². The van der Waals surface area contributed by atoms with Gasteiger partial charge in [0.2, 0.25) is 0 Å². The number of rotatable bonds is 6. The van der Waals surface area contributed by atoms with E-state index in [4.69, 9.17) is 4.74 Å². The molecule has 1 aromatic heterocycles. The molecule has 1 aliphatic rings. The standard InChI is InChI=1S/C20H20N4O4S/c1-28-17-9-7-15(8-10-17)24-29(26,27)20-18(12-21-23-20)19(25)22-16-6-5-13-3-2-4-14(13)11-16/h5-12,24H,2-4H2,1H3,(H,21,23)(H,22,25). The van der Waals surface area contributed by atoms with Gasteiger partial charge in [0.05, 0.1) is 18.9 Å². The van der Waals surface area contributed by atoms with E-state index in [0.717, 1.165) is 19.3 Å². The lowest BCUT2D eigenvalue weighted by Gasteiger charge is -2.10. The van der Waals surface area contributed by atoms with E-state index in [1.54, 1.807) is 24.3 Å². The Bertz CT molecular complexity index is 1150. The van der Waals surface area contributed by atoms with Crippen molar-refractivity contribution in [3.63, 3.8) is 0 Å². The summed E-state index contributed by atoms with van der Waals surface area (Å²) in [6.07, 6.45) is 4.33. The molecule has 0 fully saturated rings. The van der Waals surface area contributed by atoms with Gasteiger partial charge in [-0.3, -0.25) is 14.6 Å². The number of aryl methyl sites for hydroxylation is 2. The first kappa shape index (κ1) is 19.0. The Kier molecular flexibility index (Phi) is 4.98. The maximum Gasteiger partial charge on any atom is 0.279 e. The number of benzene rings is 2. The number of carbonyl (C=O) groups excluding carboxylic acids is 1. The van der Waals surface area contributed by atoms with Crippen LogP contribution in [0.25, 0.3) is 0 Å². The lowest BCUT2D eigenvalue weighted by molar-refractivity contribution is 0.102. The zero-order valence-corrected chi connectivity index (χ0v) is 16.5. The van der Waals surface area contributed by atoms with E-state index < -0.39 is 15.9 Å². The number of amides is 1. The van der Waals surface area contributed by atoms with E-state index in [1.165, 1.54) is 24.4 Å². The van der Waals surface area contributed by atoms with E-state index in [9.17, 15) is 13.2 Å². The van der Waals surface area contributed by atoms with Crippen molar-refractivity contribution in [1.29, 1.82) is 0 Å². The summed E-state index contributed by atoms with van der Waals surface area (Å²) >= 11 is 0. The SMILES string of the molecule is COc1ccc(NS(=O)(=O)c2[nH]ncc2C(=O)Nc2ccc3c(c2)CCC3)cc1. The van der Waals surface area contributed by atoms with Gasteiger partial charge in [0, 0.05) is 11.4 Å². The Morgan fingerprint density at radius 1 is 1.07 bits per heavy atom. The van der Waals surface area contributed by atoms with Gasteiger partial charge in [0.25, 0.3) is 15.9 Å². The highest BCUT2D eigenvalue weighted by Gasteiger charge is 2.25. The molecule has 2 aromatic carbocycles. The minimum absolute atomic E-state index is 0.0634. The molecule has 3 N–H and O–H groups in total. The van der Waals surface area contributed by atoms with Crippen LogP contribution in [-0.4, -0.2) is 31.6 Å². The fourth-order valence-electron chi connectivity index (χ4n) is 3.35. The molecule has 0 saturated carbocycles. The van der Waals surface area contributed by atoms with Crippen molar-refractivity contribution < 1.29 is 17.9 Å². The van der Waals surface area contributed by atoms with Gasteiger partial charge in [-0.05, 0) is 66.8 Å². The van der Waals surface area contributed by atoms with Crippen LogP contribution >= 0.6 is 0 Å². The highest BCUT2D eigenvalue weighted by molar-refractivity contribution is 7.92. The first-order valence-corrected chi connectivity index (χ1v) is 10.6. The first-order valence-electron chi connectivity index (χ1n) is 9.10. The number of anilines is 2. The van der Waals surface area contributed by atoms with E-state index in [0.29, 0.717) is 17.1 Å². The number of H-pyrrole nitrogens is 1. The maximum atomic E-state index is 12.8. The van der Waals surface area contributed by atoms with Crippen LogP contribution in [-0.2, 0) is 22.9 Å². The van der Waals surface area contributed by atoms with Gasteiger partial charge in [0.15, 0.2) is 5.03 Å². The molecule has 1 aliphatic carbocycles. The summed E-state index contributed by atoms with van der Waals surface area (Å²) in [5.41, 5.74) is 3.41. The molecule has 4 rings (SSSR count). The quantitative estimate of drug-likeness (QED) is 0.576. The number of hydrogen-bond acceptors (Lipinski definition) is 5. The molecule has 150 valence electrons. The molecule has 1 heterocycles. The Hall–Kier alpha value is -3.33. The Morgan fingerprint density at radius 2 is 1.79 bits per heavy atom. The van der Waals surface area contributed by atoms with Gasteiger partial charge in [-0.1, -0.05) is 6.07 Å². The second-order valence-electron chi connectivity index (χ2n) is 6.74. The smallest absolute Gasteiger partial charge is 0.279 e. The molecule has 0 saturated heterocycles. The average molecular weight is 412 g/mol. The molecular weight excluding hydrogens is 392 g/mol. The number of aromatic nitrogens is 2. The summed E-state index contributed by atoms with van der Waals surface area (Å²) in [4.78, 5) is 12.7. The monoisotopic (exact) mass is 412 g/mol. The third kappa shape index (κ3) is 3.95. The summed E-state index contributed by atoms with van der Waals surface area (Å²) in [6, 6.07) is 12.2. The molecule has 0 spiro atoms. The fraction of sp³-hybridized carbons (Fsp3) is 0.200. The van der Waals surface area contributed by atoms with E-state index in [-0.39, 0.29) is 10.6 Å². The zero-order valence-electron chi connectivity index (χ0n) is 15.7. The second kappa shape index (κ2) is 7.59. The fourth-order valence-corrected chi connectivity index (χ4v) is 4.51. The Balaban J connectivity index is 1.54. The lowest BCUT2D eigenvalue weighted by Crippen LogP contribution is -2.19. The number of aromatic amines is 1. The summed E-state index contributed by atoms with van der Waals surface area (Å²) in [5.74, 6) is 0.0516. The summed E-state index contributed by atoms with van der Waals surface area (Å²) in [7, 11) is -2.51.